The molecule has 1 heterocycles. The van der Waals surface area contributed by atoms with Gasteiger partial charge in [0.05, 0.1) is 18.8 Å². The third-order valence-electron chi connectivity index (χ3n) is 3.78. The van der Waals surface area contributed by atoms with Crippen molar-refractivity contribution in [3.05, 3.63) is 29.8 Å². The maximum Gasteiger partial charge on any atom is 0.182 e. The molecule has 1 aromatic carbocycles. The fourth-order valence-electron chi connectivity index (χ4n) is 2.44. The number of carbonyl (C=O) groups is 1. The Morgan fingerprint density at radius 2 is 1.95 bits per heavy atom. The first-order valence-corrected chi connectivity index (χ1v) is 7.03. The Morgan fingerprint density at radius 3 is 2.52 bits per heavy atom. The van der Waals surface area contributed by atoms with Crippen LogP contribution in [0, 0.1) is 11.3 Å². The summed E-state index contributed by atoms with van der Waals surface area (Å²) in [7, 11) is 0. The number of carbonyl (C=O) groups excluding carboxylic acids is 1. The van der Waals surface area contributed by atoms with Gasteiger partial charge in [-0.3, -0.25) is 9.69 Å². The second kappa shape index (κ2) is 6.70. The van der Waals surface area contributed by atoms with Crippen molar-refractivity contribution in [1.82, 2.24) is 4.90 Å². The predicted molar refractivity (Wildman–Crippen MR) is 78.4 cm³/mol. The van der Waals surface area contributed by atoms with Gasteiger partial charge in [0.1, 0.15) is 11.8 Å². The number of morpholine rings is 1. The highest BCUT2D eigenvalue weighted by Crippen LogP contribution is 2.23. The van der Waals surface area contributed by atoms with Gasteiger partial charge in [0.25, 0.3) is 0 Å². The fraction of sp³-hybridized carbons (Fsp3) is 0.500. The molecule has 1 saturated heterocycles. The molecule has 0 aromatic heterocycles. The first kappa shape index (κ1) is 15.5. The normalized spacial score (nSPS) is 16.2. The Hall–Kier alpha value is -1.90. The molecule has 0 amide bonds. The van der Waals surface area contributed by atoms with E-state index < -0.39 is 5.54 Å². The number of nitrogens with zero attached hydrogens (tertiary/aromatic N) is 2. The SMILES string of the molecule is CC(C)(C(=O)c1ccc(OCC#N)cc1)N1CCOCC1. The Labute approximate surface area is 125 Å². The van der Waals surface area contributed by atoms with Crippen LogP contribution in [0.2, 0.25) is 0 Å². The zero-order valence-corrected chi connectivity index (χ0v) is 12.5. The number of benzene rings is 1. The minimum atomic E-state index is -0.557. The lowest BCUT2D eigenvalue weighted by atomic mass is 9.91. The second-order valence-corrected chi connectivity index (χ2v) is 5.46. The number of hydrogen-bond donors (Lipinski definition) is 0. The molecule has 0 unspecified atom stereocenters. The van der Waals surface area contributed by atoms with E-state index in [1.165, 1.54) is 0 Å². The van der Waals surface area contributed by atoms with Crippen molar-refractivity contribution >= 4 is 5.78 Å². The molecule has 5 heteroatoms. The first-order chi connectivity index (χ1) is 10.1. The molecule has 1 fully saturated rings. The van der Waals surface area contributed by atoms with Crippen molar-refractivity contribution < 1.29 is 14.3 Å². The Bertz CT molecular complexity index is 525. The summed E-state index contributed by atoms with van der Waals surface area (Å²) < 4.78 is 10.5. The molecule has 21 heavy (non-hydrogen) atoms. The lowest BCUT2D eigenvalue weighted by Crippen LogP contribution is -2.54. The Morgan fingerprint density at radius 1 is 1.33 bits per heavy atom. The summed E-state index contributed by atoms with van der Waals surface area (Å²) in [5, 5.41) is 8.48. The molecule has 112 valence electrons. The molecule has 0 radical (unpaired) electrons. The van der Waals surface area contributed by atoms with Gasteiger partial charge < -0.3 is 9.47 Å². The van der Waals surface area contributed by atoms with E-state index in [2.05, 4.69) is 4.90 Å². The fourth-order valence-corrected chi connectivity index (χ4v) is 2.44. The van der Waals surface area contributed by atoms with E-state index in [9.17, 15) is 4.79 Å². The van der Waals surface area contributed by atoms with Crippen molar-refractivity contribution in [2.24, 2.45) is 0 Å². The minimum Gasteiger partial charge on any atom is -0.479 e. The average Bonchev–Trinajstić information content (AvgIpc) is 2.53. The van der Waals surface area contributed by atoms with Crippen molar-refractivity contribution in [3.63, 3.8) is 0 Å². The van der Waals surface area contributed by atoms with Gasteiger partial charge in [0, 0.05) is 18.7 Å². The van der Waals surface area contributed by atoms with Crippen LogP contribution >= 0.6 is 0 Å². The summed E-state index contributed by atoms with van der Waals surface area (Å²) in [6.45, 7) is 6.76. The molecule has 1 aromatic rings. The van der Waals surface area contributed by atoms with Crippen LogP contribution in [0.5, 0.6) is 5.75 Å². The van der Waals surface area contributed by atoms with E-state index in [-0.39, 0.29) is 12.4 Å². The molecule has 0 bridgehead atoms. The molecular formula is C16H20N2O3. The number of Topliss-reactive ketones (excluding diaryl/α,β-unsaturated/α-hetero) is 1. The molecule has 0 spiro atoms. The number of nitriles is 1. The van der Waals surface area contributed by atoms with Crippen LogP contribution < -0.4 is 4.74 Å². The van der Waals surface area contributed by atoms with Crippen LogP contribution in [0.25, 0.3) is 0 Å². The van der Waals surface area contributed by atoms with Gasteiger partial charge in [-0.25, -0.2) is 0 Å². The van der Waals surface area contributed by atoms with Crippen molar-refractivity contribution in [2.45, 2.75) is 19.4 Å². The maximum atomic E-state index is 12.7. The zero-order valence-electron chi connectivity index (χ0n) is 12.5. The van der Waals surface area contributed by atoms with Crippen LogP contribution in [-0.4, -0.2) is 49.1 Å². The molecule has 0 saturated carbocycles. The Kier molecular flexibility index (Phi) is 4.94. The van der Waals surface area contributed by atoms with Gasteiger partial charge in [0.2, 0.25) is 0 Å². The zero-order chi connectivity index (χ0) is 15.3. The van der Waals surface area contributed by atoms with Crippen LogP contribution in [0.4, 0.5) is 0 Å². The predicted octanol–water partition coefficient (Wildman–Crippen LogP) is 1.88. The largest absolute Gasteiger partial charge is 0.479 e. The number of hydrogen-bond acceptors (Lipinski definition) is 5. The van der Waals surface area contributed by atoms with E-state index in [1.807, 2.05) is 19.9 Å². The van der Waals surface area contributed by atoms with Gasteiger partial charge in [-0.05, 0) is 38.1 Å². The highest BCUT2D eigenvalue weighted by Gasteiger charge is 2.35. The van der Waals surface area contributed by atoms with Crippen molar-refractivity contribution in [2.75, 3.05) is 32.9 Å². The number of ether oxygens (including phenoxy) is 2. The van der Waals surface area contributed by atoms with Gasteiger partial charge in [-0.2, -0.15) is 5.26 Å². The van der Waals surface area contributed by atoms with Crippen LogP contribution in [0.3, 0.4) is 0 Å². The summed E-state index contributed by atoms with van der Waals surface area (Å²) >= 11 is 0. The molecule has 2 rings (SSSR count). The minimum absolute atomic E-state index is 0.00651. The van der Waals surface area contributed by atoms with E-state index in [1.54, 1.807) is 24.3 Å². The summed E-state index contributed by atoms with van der Waals surface area (Å²) in [5.74, 6) is 0.675. The second-order valence-electron chi connectivity index (χ2n) is 5.46. The van der Waals surface area contributed by atoms with Gasteiger partial charge >= 0.3 is 0 Å². The summed E-state index contributed by atoms with van der Waals surface area (Å²) in [5.41, 5.74) is 0.0922. The molecule has 0 N–H and O–H groups in total. The van der Waals surface area contributed by atoms with Gasteiger partial charge in [-0.15, -0.1) is 0 Å². The highest BCUT2D eigenvalue weighted by molar-refractivity contribution is 6.02. The standard InChI is InChI=1S/C16H20N2O3/c1-16(2,18-8-11-20-12-9-18)15(19)13-3-5-14(6-4-13)21-10-7-17/h3-6H,8-12H2,1-2H3. The molecule has 5 nitrogen and oxygen atoms in total. The monoisotopic (exact) mass is 288 g/mol. The van der Waals surface area contributed by atoms with E-state index in [0.29, 0.717) is 24.5 Å². The first-order valence-electron chi connectivity index (χ1n) is 7.03. The van der Waals surface area contributed by atoms with Crippen LogP contribution in [0.15, 0.2) is 24.3 Å². The molecule has 0 aliphatic carbocycles. The molecule has 1 aliphatic heterocycles. The van der Waals surface area contributed by atoms with E-state index >= 15 is 0 Å². The van der Waals surface area contributed by atoms with Crippen LogP contribution in [0.1, 0.15) is 24.2 Å². The van der Waals surface area contributed by atoms with Gasteiger partial charge in [0.15, 0.2) is 12.4 Å². The van der Waals surface area contributed by atoms with Gasteiger partial charge in [-0.1, -0.05) is 0 Å². The smallest absolute Gasteiger partial charge is 0.182 e. The quantitative estimate of drug-likeness (QED) is 0.774. The van der Waals surface area contributed by atoms with Crippen molar-refractivity contribution in [3.8, 4) is 11.8 Å². The lowest BCUT2D eigenvalue weighted by Gasteiger charge is -2.39. The summed E-state index contributed by atoms with van der Waals surface area (Å²) in [4.78, 5) is 14.9. The highest BCUT2D eigenvalue weighted by atomic mass is 16.5. The summed E-state index contributed by atoms with van der Waals surface area (Å²) in [6, 6.07) is 8.85. The van der Waals surface area contributed by atoms with E-state index in [0.717, 1.165) is 13.1 Å². The van der Waals surface area contributed by atoms with Crippen molar-refractivity contribution in [1.29, 1.82) is 5.26 Å². The van der Waals surface area contributed by atoms with Crippen LogP contribution in [-0.2, 0) is 4.74 Å². The Balaban J connectivity index is 2.09. The maximum absolute atomic E-state index is 12.7. The molecule has 1 aliphatic rings. The number of ketones is 1. The third-order valence-corrected chi connectivity index (χ3v) is 3.78. The molecular weight excluding hydrogens is 268 g/mol. The van der Waals surface area contributed by atoms with E-state index in [4.69, 9.17) is 14.7 Å². The topological polar surface area (TPSA) is 62.6 Å². The molecule has 0 atom stereocenters. The lowest BCUT2D eigenvalue weighted by molar-refractivity contribution is -0.00429. The summed E-state index contributed by atoms with van der Waals surface area (Å²) in [6.07, 6.45) is 0. The average molecular weight is 288 g/mol. The number of rotatable bonds is 5. The third kappa shape index (κ3) is 3.60.